The van der Waals surface area contributed by atoms with Crippen molar-refractivity contribution in [2.45, 2.75) is 17.7 Å². The molecule has 0 bridgehead atoms. The van der Waals surface area contributed by atoms with Gasteiger partial charge in [0, 0.05) is 0 Å². The van der Waals surface area contributed by atoms with E-state index < -0.39 is 10.1 Å². The number of aryl methyl sites for hydroxylation is 1. The normalized spacial score (nSPS) is 10.8. The predicted molar refractivity (Wildman–Crippen MR) is 51.8 cm³/mol. The summed E-state index contributed by atoms with van der Waals surface area (Å²) in [5, 5.41) is 0. The van der Waals surface area contributed by atoms with Gasteiger partial charge in [-0.2, -0.15) is 0 Å². The molecule has 78 valence electrons. The Morgan fingerprint density at radius 1 is 1.27 bits per heavy atom. The van der Waals surface area contributed by atoms with E-state index in [4.69, 9.17) is 5.73 Å². The van der Waals surface area contributed by atoms with E-state index in [0.29, 0.717) is 24.9 Å². The molecule has 0 aliphatic carbocycles. The Bertz CT molecular complexity index is 406. The molecule has 0 atom stereocenters. The van der Waals surface area contributed by atoms with Crippen LogP contribution in [-0.4, -0.2) is 19.5 Å². The van der Waals surface area contributed by atoms with Crippen LogP contribution in [0.5, 0.6) is 0 Å². The van der Waals surface area contributed by atoms with Crippen LogP contribution in [-0.2, 0) is 16.5 Å². The Morgan fingerprint density at radius 2 is 1.87 bits per heavy atom. The van der Waals surface area contributed by atoms with Crippen molar-refractivity contribution in [3.63, 3.8) is 0 Å². The van der Waals surface area contributed by atoms with Crippen molar-refractivity contribution in [1.82, 2.24) is 0 Å². The number of rotatable bonds is 4. The molecule has 0 aromatic heterocycles. The smallest absolute Gasteiger partial charge is 0.744 e. The molecule has 0 saturated carbocycles. The largest absolute Gasteiger partial charge is 1.00 e. The number of benzene rings is 1. The molecule has 0 aliphatic heterocycles. The molecule has 1 rings (SSSR count). The molecule has 0 unspecified atom stereocenters. The van der Waals surface area contributed by atoms with E-state index in [1.165, 1.54) is 12.1 Å². The van der Waals surface area contributed by atoms with E-state index in [2.05, 4.69) is 0 Å². The number of hydrogen-bond acceptors (Lipinski definition) is 4. The molecule has 0 aliphatic rings. The SMILES string of the molecule is NCCCc1ccccc1S(=O)(=O)[O-].[Na+]. The van der Waals surface area contributed by atoms with Gasteiger partial charge in [0.05, 0.1) is 4.90 Å². The standard InChI is InChI=1S/C9H13NO3S.Na/c10-7-3-5-8-4-1-2-6-9(8)14(11,12)13;/h1-2,4,6H,3,5,7,10H2,(H,11,12,13);/q;+1/p-1. The fourth-order valence-electron chi connectivity index (χ4n) is 1.25. The van der Waals surface area contributed by atoms with Crippen LogP contribution in [0.25, 0.3) is 0 Å². The minimum Gasteiger partial charge on any atom is -0.744 e. The summed E-state index contributed by atoms with van der Waals surface area (Å²) in [6.45, 7) is 0.479. The van der Waals surface area contributed by atoms with E-state index in [0.717, 1.165) is 0 Å². The Hall–Kier alpha value is 0.0900. The van der Waals surface area contributed by atoms with Crippen LogP contribution in [0.4, 0.5) is 0 Å². The van der Waals surface area contributed by atoms with Gasteiger partial charge in [0.2, 0.25) is 0 Å². The van der Waals surface area contributed by atoms with Crippen LogP contribution in [0.3, 0.4) is 0 Å². The zero-order valence-corrected chi connectivity index (χ0v) is 11.5. The maximum absolute atomic E-state index is 10.8. The Morgan fingerprint density at radius 3 is 2.40 bits per heavy atom. The summed E-state index contributed by atoms with van der Waals surface area (Å²) in [6, 6.07) is 6.21. The summed E-state index contributed by atoms with van der Waals surface area (Å²) in [5.74, 6) is 0. The van der Waals surface area contributed by atoms with E-state index in [-0.39, 0.29) is 34.5 Å². The summed E-state index contributed by atoms with van der Waals surface area (Å²) < 4.78 is 32.5. The molecule has 0 heterocycles. The molecule has 4 nitrogen and oxygen atoms in total. The molecule has 0 spiro atoms. The number of hydrogen-bond donors (Lipinski definition) is 1. The van der Waals surface area contributed by atoms with E-state index in [9.17, 15) is 13.0 Å². The van der Waals surface area contributed by atoms with E-state index >= 15 is 0 Å². The molecule has 0 saturated heterocycles. The maximum Gasteiger partial charge on any atom is 1.00 e. The first-order valence-electron chi connectivity index (χ1n) is 4.29. The van der Waals surface area contributed by atoms with Crippen LogP contribution in [0.15, 0.2) is 29.2 Å². The first-order valence-corrected chi connectivity index (χ1v) is 5.70. The van der Waals surface area contributed by atoms with Gasteiger partial charge in [-0.15, -0.1) is 0 Å². The fourth-order valence-corrected chi connectivity index (χ4v) is 1.98. The summed E-state index contributed by atoms with van der Waals surface area (Å²) in [5.41, 5.74) is 5.86. The molecule has 6 heteroatoms. The first kappa shape index (κ1) is 15.1. The van der Waals surface area contributed by atoms with Crippen molar-refractivity contribution in [2.24, 2.45) is 5.73 Å². The first-order chi connectivity index (χ1) is 6.55. The summed E-state index contributed by atoms with van der Waals surface area (Å²) in [7, 11) is -4.35. The Labute approximate surface area is 112 Å². The van der Waals surface area contributed by atoms with Crippen molar-refractivity contribution in [1.29, 1.82) is 0 Å². The maximum atomic E-state index is 10.8. The zero-order valence-electron chi connectivity index (χ0n) is 8.64. The monoisotopic (exact) mass is 237 g/mol. The molecule has 0 fully saturated rings. The van der Waals surface area contributed by atoms with Crippen LogP contribution < -0.4 is 35.3 Å². The molecule has 1 aromatic carbocycles. The van der Waals surface area contributed by atoms with Crippen LogP contribution in [0.2, 0.25) is 0 Å². The van der Waals surface area contributed by atoms with Crippen LogP contribution in [0.1, 0.15) is 12.0 Å². The molecular weight excluding hydrogens is 225 g/mol. The van der Waals surface area contributed by atoms with Gasteiger partial charge in [0.15, 0.2) is 0 Å². The van der Waals surface area contributed by atoms with Gasteiger partial charge in [-0.25, -0.2) is 8.42 Å². The quantitative estimate of drug-likeness (QED) is 0.463. The van der Waals surface area contributed by atoms with Gasteiger partial charge < -0.3 is 10.3 Å². The molecule has 2 N–H and O–H groups in total. The molecule has 15 heavy (non-hydrogen) atoms. The predicted octanol–water partition coefficient (Wildman–Crippen LogP) is -2.51. The van der Waals surface area contributed by atoms with Gasteiger partial charge >= 0.3 is 29.6 Å². The molecule has 0 radical (unpaired) electrons. The van der Waals surface area contributed by atoms with Crippen LogP contribution >= 0.6 is 0 Å². The van der Waals surface area contributed by atoms with Crippen molar-refractivity contribution in [2.75, 3.05) is 6.54 Å². The van der Waals surface area contributed by atoms with Crippen molar-refractivity contribution in [3.05, 3.63) is 29.8 Å². The minimum atomic E-state index is -4.35. The topological polar surface area (TPSA) is 83.2 Å². The third-order valence-corrected chi connectivity index (χ3v) is 2.83. The Kier molecular flexibility index (Phi) is 6.66. The van der Waals surface area contributed by atoms with Gasteiger partial charge in [-0.1, -0.05) is 18.2 Å². The van der Waals surface area contributed by atoms with Crippen molar-refractivity contribution in [3.8, 4) is 0 Å². The van der Waals surface area contributed by atoms with Crippen molar-refractivity contribution >= 4 is 10.1 Å². The van der Waals surface area contributed by atoms with E-state index in [1.807, 2.05) is 0 Å². The second-order valence-corrected chi connectivity index (χ2v) is 4.30. The van der Waals surface area contributed by atoms with E-state index in [1.54, 1.807) is 12.1 Å². The van der Waals surface area contributed by atoms with Gasteiger partial charge in [-0.05, 0) is 31.0 Å². The second-order valence-electron chi connectivity index (χ2n) is 2.95. The average molecular weight is 237 g/mol. The van der Waals surface area contributed by atoms with Crippen LogP contribution in [0, 0.1) is 0 Å². The molecular formula is C9H12NNaO3S. The fraction of sp³-hybridized carbons (Fsp3) is 0.333. The molecule has 0 amide bonds. The Balaban J connectivity index is 0.00000196. The second kappa shape index (κ2) is 6.62. The van der Waals surface area contributed by atoms with Gasteiger partial charge in [-0.3, -0.25) is 0 Å². The summed E-state index contributed by atoms with van der Waals surface area (Å²) >= 11 is 0. The van der Waals surface area contributed by atoms with Gasteiger partial charge in [0.1, 0.15) is 10.1 Å². The summed E-state index contributed by atoms with van der Waals surface area (Å²) in [4.78, 5) is -0.131. The number of nitrogens with two attached hydrogens (primary N) is 1. The van der Waals surface area contributed by atoms with Gasteiger partial charge in [0.25, 0.3) is 0 Å². The zero-order chi connectivity index (χ0) is 10.6. The minimum absolute atomic E-state index is 0. The third kappa shape index (κ3) is 4.63. The summed E-state index contributed by atoms with van der Waals surface area (Å²) in [6.07, 6.45) is 1.20. The van der Waals surface area contributed by atoms with Crippen molar-refractivity contribution < 1.29 is 42.5 Å². The molecule has 1 aromatic rings. The average Bonchev–Trinajstić information content (AvgIpc) is 2.14. The third-order valence-electron chi connectivity index (χ3n) is 1.89.